The number of fused-ring (bicyclic) bond motifs is 1. The van der Waals surface area contributed by atoms with Gasteiger partial charge in [-0.25, -0.2) is 0 Å². The number of hydrogen-bond donors (Lipinski definition) is 1. The average Bonchev–Trinajstić information content (AvgIpc) is 2.94. The SMILES string of the molecule is O=C1C2CC=CCC2C(=O)N1CCCN1CCN(c2ccccc2O)CC1. The van der Waals surface area contributed by atoms with E-state index in [4.69, 9.17) is 0 Å². The van der Waals surface area contributed by atoms with Crippen molar-refractivity contribution >= 4 is 17.5 Å². The number of likely N-dealkylation sites (tertiary alicyclic amines) is 1. The zero-order chi connectivity index (χ0) is 18.8. The van der Waals surface area contributed by atoms with E-state index in [9.17, 15) is 14.7 Å². The van der Waals surface area contributed by atoms with Crippen LogP contribution in [0.5, 0.6) is 5.75 Å². The van der Waals surface area contributed by atoms with Crippen molar-refractivity contribution in [1.82, 2.24) is 9.80 Å². The van der Waals surface area contributed by atoms with Crippen molar-refractivity contribution < 1.29 is 14.7 Å². The number of para-hydroxylation sites is 2. The highest BCUT2D eigenvalue weighted by molar-refractivity contribution is 6.05. The molecule has 0 aromatic heterocycles. The van der Waals surface area contributed by atoms with Crippen molar-refractivity contribution in [3.63, 3.8) is 0 Å². The fourth-order valence-electron chi connectivity index (χ4n) is 4.49. The minimum absolute atomic E-state index is 0.0266. The van der Waals surface area contributed by atoms with Gasteiger partial charge in [0.1, 0.15) is 5.75 Å². The summed E-state index contributed by atoms with van der Waals surface area (Å²) in [6.07, 6.45) is 6.29. The van der Waals surface area contributed by atoms with E-state index < -0.39 is 0 Å². The van der Waals surface area contributed by atoms with Crippen LogP contribution >= 0.6 is 0 Å². The van der Waals surface area contributed by atoms with E-state index in [2.05, 4.69) is 9.80 Å². The highest BCUT2D eigenvalue weighted by atomic mass is 16.3. The Bertz CT molecular complexity index is 714. The van der Waals surface area contributed by atoms with E-state index >= 15 is 0 Å². The first-order chi connectivity index (χ1) is 13.1. The number of allylic oxidation sites excluding steroid dienone is 2. The van der Waals surface area contributed by atoms with Crippen LogP contribution in [0.15, 0.2) is 36.4 Å². The Kier molecular flexibility index (Phi) is 5.16. The zero-order valence-corrected chi connectivity index (χ0v) is 15.6. The van der Waals surface area contributed by atoms with E-state index in [1.54, 1.807) is 6.07 Å². The first kappa shape index (κ1) is 18.0. The fraction of sp³-hybridized carbons (Fsp3) is 0.524. The van der Waals surface area contributed by atoms with E-state index in [1.165, 1.54) is 4.90 Å². The predicted octanol–water partition coefficient (Wildman–Crippen LogP) is 1.86. The highest BCUT2D eigenvalue weighted by Crippen LogP contribution is 2.35. The normalized spacial score (nSPS) is 25.9. The molecular weight excluding hydrogens is 342 g/mol. The summed E-state index contributed by atoms with van der Waals surface area (Å²) in [5.74, 6) is 0.139. The Hall–Kier alpha value is -2.34. The van der Waals surface area contributed by atoms with Gasteiger partial charge < -0.3 is 10.0 Å². The first-order valence-corrected chi connectivity index (χ1v) is 9.90. The van der Waals surface area contributed by atoms with Gasteiger partial charge in [0.25, 0.3) is 0 Å². The molecule has 1 aromatic carbocycles. The van der Waals surface area contributed by atoms with Gasteiger partial charge in [0.2, 0.25) is 11.8 Å². The number of nitrogens with zero attached hydrogens (tertiary/aromatic N) is 3. The van der Waals surface area contributed by atoms with Crippen molar-refractivity contribution in [2.45, 2.75) is 19.3 Å². The van der Waals surface area contributed by atoms with Crippen LogP contribution in [-0.4, -0.2) is 66.0 Å². The molecule has 144 valence electrons. The van der Waals surface area contributed by atoms with Crippen molar-refractivity contribution in [1.29, 1.82) is 0 Å². The molecule has 0 bridgehead atoms. The third-order valence-electron chi connectivity index (χ3n) is 6.05. The number of rotatable bonds is 5. The van der Waals surface area contributed by atoms with Crippen LogP contribution in [0, 0.1) is 11.8 Å². The third kappa shape index (κ3) is 3.58. The minimum Gasteiger partial charge on any atom is -0.506 e. The summed E-state index contributed by atoms with van der Waals surface area (Å²) in [6.45, 7) is 5.00. The molecule has 2 aliphatic heterocycles. The number of piperazine rings is 1. The van der Waals surface area contributed by atoms with Gasteiger partial charge in [-0.15, -0.1) is 0 Å². The Morgan fingerprint density at radius 1 is 0.889 bits per heavy atom. The standard InChI is InChI=1S/C21H27N3O3/c25-19-9-4-3-8-18(19)23-14-12-22(13-15-23)10-5-11-24-20(26)16-6-1-2-7-17(16)21(24)27/h1-4,8-9,16-17,25H,5-7,10-15H2. The summed E-state index contributed by atoms with van der Waals surface area (Å²) in [6, 6.07) is 7.45. The Labute approximate surface area is 160 Å². The zero-order valence-electron chi connectivity index (χ0n) is 15.6. The summed E-state index contributed by atoms with van der Waals surface area (Å²) in [4.78, 5) is 31.1. The Morgan fingerprint density at radius 2 is 1.52 bits per heavy atom. The van der Waals surface area contributed by atoms with E-state index in [0.717, 1.165) is 44.8 Å². The molecule has 27 heavy (non-hydrogen) atoms. The smallest absolute Gasteiger partial charge is 0.233 e. The number of carbonyl (C=O) groups is 2. The van der Waals surface area contributed by atoms with Crippen LogP contribution in [-0.2, 0) is 9.59 Å². The fourth-order valence-corrected chi connectivity index (χ4v) is 4.49. The summed E-state index contributed by atoms with van der Waals surface area (Å²) < 4.78 is 0. The quantitative estimate of drug-likeness (QED) is 0.634. The lowest BCUT2D eigenvalue weighted by atomic mass is 9.85. The van der Waals surface area contributed by atoms with Gasteiger partial charge in [-0.2, -0.15) is 0 Å². The van der Waals surface area contributed by atoms with E-state index in [-0.39, 0.29) is 23.7 Å². The van der Waals surface area contributed by atoms with Crippen LogP contribution in [0.25, 0.3) is 0 Å². The van der Waals surface area contributed by atoms with Gasteiger partial charge in [-0.3, -0.25) is 19.4 Å². The van der Waals surface area contributed by atoms with Crippen molar-refractivity contribution in [3.8, 4) is 5.75 Å². The third-order valence-corrected chi connectivity index (χ3v) is 6.05. The molecule has 1 aromatic rings. The minimum atomic E-state index is -0.121. The van der Waals surface area contributed by atoms with E-state index in [0.29, 0.717) is 25.1 Å². The van der Waals surface area contributed by atoms with Crippen LogP contribution < -0.4 is 4.90 Å². The Morgan fingerprint density at radius 3 is 2.15 bits per heavy atom. The molecular formula is C21H27N3O3. The molecule has 2 amide bonds. The Balaban J connectivity index is 1.24. The van der Waals surface area contributed by atoms with Gasteiger partial charge in [-0.05, 0) is 37.9 Å². The molecule has 6 nitrogen and oxygen atoms in total. The number of anilines is 1. The van der Waals surface area contributed by atoms with E-state index in [1.807, 2.05) is 30.4 Å². The highest BCUT2D eigenvalue weighted by Gasteiger charge is 2.46. The summed E-state index contributed by atoms with van der Waals surface area (Å²) >= 11 is 0. The number of carbonyl (C=O) groups excluding carboxylic acids is 2. The molecule has 2 unspecified atom stereocenters. The number of amides is 2. The maximum absolute atomic E-state index is 12.5. The van der Waals surface area contributed by atoms with Crippen molar-refractivity contribution in [2.75, 3.05) is 44.2 Å². The van der Waals surface area contributed by atoms with Crippen molar-refractivity contribution in [2.24, 2.45) is 11.8 Å². The molecule has 3 aliphatic rings. The number of aromatic hydroxyl groups is 1. The monoisotopic (exact) mass is 369 g/mol. The number of benzene rings is 1. The van der Waals surface area contributed by atoms with Crippen molar-refractivity contribution in [3.05, 3.63) is 36.4 Å². The van der Waals surface area contributed by atoms with Crippen LogP contribution in [0.1, 0.15) is 19.3 Å². The average molecular weight is 369 g/mol. The van der Waals surface area contributed by atoms with Gasteiger partial charge in [-0.1, -0.05) is 24.3 Å². The maximum atomic E-state index is 12.5. The summed E-state index contributed by atoms with van der Waals surface area (Å²) in [5, 5.41) is 10.00. The second kappa shape index (κ2) is 7.72. The lowest BCUT2D eigenvalue weighted by molar-refractivity contribution is -0.140. The molecule has 0 spiro atoms. The number of phenols is 1. The maximum Gasteiger partial charge on any atom is 0.233 e. The lowest BCUT2D eigenvalue weighted by Gasteiger charge is -2.36. The molecule has 1 N–H and O–H groups in total. The number of imide groups is 1. The molecule has 0 radical (unpaired) electrons. The largest absolute Gasteiger partial charge is 0.506 e. The molecule has 2 fully saturated rings. The first-order valence-electron chi connectivity index (χ1n) is 9.90. The molecule has 4 rings (SSSR count). The number of phenolic OH excluding ortho intramolecular Hbond substituents is 1. The van der Waals surface area contributed by atoms with Gasteiger partial charge in [0, 0.05) is 32.7 Å². The van der Waals surface area contributed by atoms with Crippen LogP contribution in [0.3, 0.4) is 0 Å². The summed E-state index contributed by atoms with van der Waals surface area (Å²) in [7, 11) is 0. The van der Waals surface area contributed by atoms with Gasteiger partial charge >= 0.3 is 0 Å². The topological polar surface area (TPSA) is 64.1 Å². The molecule has 2 atom stereocenters. The molecule has 0 saturated carbocycles. The molecule has 6 heteroatoms. The predicted molar refractivity (Wildman–Crippen MR) is 103 cm³/mol. The number of hydrogen-bond acceptors (Lipinski definition) is 5. The van der Waals surface area contributed by atoms with Gasteiger partial charge in [0.05, 0.1) is 17.5 Å². The molecule has 2 saturated heterocycles. The second-order valence-corrected chi connectivity index (χ2v) is 7.65. The van der Waals surface area contributed by atoms with Crippen LogP contribution in [0.4, 0.5) is 5.69 Å². The molecule has 1 aliphatic carbocycles. The summed E-state index contributed by atoms with van der Waals surface area (Å²) in [5.41, 5.74) is 0.890. The lowest BCUT2D eigenvalue weighted by Crippen LogP contribution is -2.47. The van der Waals surface area contributed by atoms with Gasteiger partial charge in [0.15, 0.2) is 0 Å². The van der Waals surface area contributed by atoms with Crippen LogP contribution in [0.2, 0.25) is 0 Å². The molecule has 2 heterocycles. The second-order valence-electron chi connectivity index (χ2n) is 7.65.